The van der Waals surface area contributed by atoms with Gasteiger partial charge in [-0.2, -0.15) is 0 Å². The molecule has 0 radical (unpaired) electrons. The molecule has 0 spiro atoms. The van der Waals surface area contributed by atoms with Gasteiger partial charge in [0.15, 0.2) is 0 Å². The number of benzene rings is 2. The Morgan fingerprint density at radius 1 is 1.00 bits per heavy atom. The van der Waals surface area contributed by atoms with Gasteiger partial charge in [0.2, 0.25) is 0 Å². The van der Waals surface area contributed by atoms with Crippen LogP contribution in [0.4, 0.5) is 8.78 Å². The van der Waals surface area contributed by atoms with Gasteiger partial charge in [0, 0.05) is 17.7 Å². The third-order valence-corrected chi connectivity index (χ3v) is 3.15. The Balaban J connectivity index is 2.47. The number of rotatable bonds is 3. The lowest BCUT2D eigenvalue weighted by Crippen LogP contribution is -2.08. The van der Waals surface area contributed by atoms with Crippen LogP contribution in [0.2, 0.25) is 0 Å². The Hall–Kier alpha value is -1.94. The number of aryl methyl sites for hydroxylation is 2. The molecule has 0 amide bonds. The third kappa shape index (κ3) is 2.96. The van der Waals surface area contributed by atoms with Crippen LogP contribution < -0.4 is 10.5 Å². The minimum Gasteiger partial charge on any atom is -0.457 e. The molecule has 0 fully saturated rings. The summed E-state index contributed by atoms with van der Waals surface area (Å²) in [4.78, 5) is 0. The van der Waals surface area contributed by atoms with Crippen LogP contribution >= 0.6 is 0 Å². The Morgan fingerprint density at radius 2 is 1.70 bits per heavy atom. The van der Waals surface area contributed by atoms with Crippen molar-refractivity contribution in [2.45, 2.75) is 26.8 Å². The molecule has 0 aromatic heterocycles. The van der Waals surface area contributed by atoms with Crippen LogP contribution in [-0.2, 0) is 0 Å². The van der Waals surface area contributed by atoms with Gasteiger partial charge in [-0.1, -0.05) is 6.07 Å². The molecule has 2 aromatic rings. The van der Waals surface area contributed by atoms with E-state index in [9.17, 15) is 8.78 Å². The third-order valence-electron chi connectivity index (χ3n) is 3.15. The summed E-state index contributed by atoms with van der Waals surface area (Å²) in [5.41, 5.74) is 7.64. The SMILES string of the molecule is Cc1cc(Oc2cc(F)ccc2C)c([C@H](C)N)cc1F. The van der Waals surface area contributed by atoms with Crippen LogP contribution in [0.1, 0.15) is 29.7 Å². The van der Waals surface area contributed by atoms with E-state index in [4.69, 9.17) is 10.5 Å². The van der Waals surface area contributed by atoms with Crippen LogP contribution in [-0.4, -0.2) is 0 Å². The van der Waals surface area contributed by atoms with Gasteiger partial charge in [0.05, 0.1) is 0 Å². The summed E-state index contributed by atoms with van der Waals surface area (Å²) in [6.07, 6.45) is 0. The first-order chi connectivity index (χ1) is 9.38. The van der Waals surface area contributed by atoms with Gasteiger partial charge >= 0.3 is 0 Å². The molecule has 0 aliphatic heterocycles. The molecule has 0 heterocycles. The van der Waals surface area contributed by atoms with Gasteiger partial charge in [0.25, 0.3) is 0 Å². The van der Waals surface area contributed by atoms with Gasteiger partial charge in [-0.3, -0.25) is 0 Å². The second kappa shape index (κ2) is 5.59. The first-order valence-electron chi connectivity index (χ1n) is 6.38. The van der Waals surface area contributed by atoms with E-state index >= 15 is 0 Å². The van der Waals surface area contributed by atoms with Crippen molar-refractivity contribution >= 4 is 0 Å². The summed E-state index contributed by atoms with van der Waals surface area (Å²) in [6, 6.07) is 6.87. The van der Waals surface area contributed by atoms with Crippen molar-refractivity contribution in [3.63, 3.8) is 0 Å². The monoisotopic (exact) mass is 277 g/mol. The molecular formula is C16H17F2NO. The predicted octanol–water partition coefficient (Wildman–Crippen LogP) is 4.39. The molecule has 20 heavy (non-hydrogen) atoms. The Labute approximate surface area is 117 Å². The van der Waals surface area contributed by atoms with Crippen molar-refractivity contribution in [1.29, 1.82) is 0 Å². The van der Waals surface area contributed by atoms with E-state index in [1.807, 2.05) is 6.92 Å². The topological polar surface area (TPSA) is 35.2 Å². The highest BCUT2D eigenvalue weighted by molar-refractivity contribution is 5.44. The molecule has 4 heteroatoms. The Morgan fingerprint density at radius 3 is 2.35 bits per heavy atom. The van der Waals surface area contributed by atoms with Crippen LogP contribution in [0.15, 0.2) is 30.3 Å². The maximum Gasteiger partial charge on any atom is 0.133 e. The Bertz CT molecular complexity index is 639. The number of ether oxygens (including phenoxy) is 1. The zero-order valence-electron chi connectivity index (χ0n) is 11.7. The highest BCUT2D eigenvalue weighted by Gasteiger charge is 2.14. The summed E-state index contributed by atoms with van der Waals surface area (Å²) >= 11 is 0. The fourth-order valence-corrected chi connectivity index (χ4v) is 1.92. The highest BCUT2D eigenvalue weighted by Crippen LogP contribution is 2.32. The zero-order valence-corrected chi connectivity index (χ0v) is 11.7. The standard InChI is InChI=1S/C16H17F2NO/c1-9-4-5-12(17)7-15(9)20-16-6-10(2)14(18)8-13(16)11(3)19/h4-8,11H,19H2,1-3H3/t11-/m0/s1. The number of hydrogen-bond acceptors (Lipinski definition) is 2. The Kier molecular flexibility index (Phi) is 4.04. The summed E-state index contributed by atoms with van der Waals surface area (Å²) in [5, 5.41) is 0. The van der Waals surface area contributed by atoms with Crippen molar-refractivity contribution in [2.75, 3.05) is 0 Å². The van der Waals surface area contributed by atoms with Gasteiger partial charge < -0.3 is 10.5 Å². The molecule has 2 aromatic carbocycles. The fraction of sp³-hybridized carbons (Fsp3) is 0.250. The molecule has 0 saturated heterocycles. The van der Waals surface area contributed by atoms with Crippen LogP contribution in [0.3, 0.4) is 0 Å². The molecule has 0 aliphatic rings. The number of halogens is 2. The molecule has 2 N–H and O–H groups in total. The predicted molar refractivity (Wildman–Crippen MR) is 75.0 cm³/mol. The maximum atomic E-state index is 13.6. The van der Waals surface area contributed by atoms with Gasteiger partial charge in [-0.15, -0.1) is 0 Å². The van der Waals surface area contributed by atoms with Crippen molar-refractivity contribution in [1.82, 2.24) is 0 Å². The molecule has 0 saturated carbocycles. The highest BCUT2D eigenvalue weighted by atomic mass is 19.1. The molecule has 0 aliphatic carbocycles. The maximum absolute atomic E-state index is 13.6. The smallest absolute Gasteiger partial charge is 0.133 e. The molecule has 2 nitrogen and oxygen atoms in total. The fourth-order valence-electron chi connectivity index (χ4n) is 1.92. The molecule has 0 bridgehead atoms. The minimum atomic E-state index is -0.383. The summed E-state index contributed by atoms with van der Waals surface area (Å²) in [6.45, 7) is 5.21. The molecule has 1 atom stereocenters. The number of nitrogens with two attached hydrogens (primary N) is 1. The minimum absolute atomic E-state index is 0.333. The summed E-state index contributed by atoms with van der Waals surface area (Å²) < 4.78 is 32.6. The van der Waals surface area contributed by atoms with Gasteiger partial charge in [-0.25, -0.2) is 8.78 Å². The van der Waals surface area contributed by atoms with Crippen molar-refractivity contribution < 1.29 is 13.5 Å². The van der Waals surface area contributed by atoms with Crippen LogP contribution in [0, 0.1) is 25.5 Å². The van der Waals surface area contributed by atoms with Crippen molar-refractivity contribution in [3.05, 3.63) is 58.7 Å². The van der Waals surface area contributed by atoms with Gasteiger partial charge in [-0.05, 0) is 50.1 Å². The van der Waals surface area contributed by atoms with E-state index in [2.05, 4.69) is 0 Å². The quantitative estimate of drug-likeness (QED) is 0.902. The van der Waals surface area contributed by atoms with E-state index < -0.39 is 0 Å². The lowest BCUT2D eigenvalue weighted by atomic mass is 10.0. The summed E-state index contributed by atoms with van der Waals surface area (Å²) in [5.74, 6) is 0.137. The van der Waals surface area contributed by atoms with E-state index in [-0.39, 0.29) is 17.7 Å². The second-order valence-corrected chi connectivity index (χ2v) is 4.94. The van der Waals surface area contributed by atoms with Crippen LogP contribution in [0.5, 0.6) is 11.5 Å². The average Bonchev–Trinajstić information content (AvgIpc) is 2.37. The first-order valence-corrected chi connectivity index (χ1v) is 6.38. The second-order valence-electron chi connectivity index (χ2n) is 4.94. The molecular weight excluding hydrogens is 260 g/mol. The lowest BCUT2D eigenvalue weighted by Gasteiger charge is -2.16. The lowest BCUT2D eigenvalue weighted by molar-refractivity contribution is 0.460. The zero-order chi connectivity index (χ0) is 14.9. The van der Waals surface area contributed by atoms with Gasteiger partial charge in [0.1, 0.15) is 23.1 Å². The summed E-state index contributed by atoms with van der Waals surface area (Å²) in [7, 11) is 0. The van der Waals surface area contributed by atoms with E-state index in [1.54, 1.807) is 26.0 Å². The average molecular weight is 277 g/mol. The molecule has 106 valence electrons. The van der Waals surface area contributed by atoms with E-state index in [0.717, 1.165) is 5.56 Å². The van der Waals surface area contributed by atoms with Crippen molar-refractivity contribution in [2.24, 2.45) is 5.73 Å². The normalized spacial score (nSPS) is 12.3. The first kappa shape index (κ1) is 14.5. The molecule has 2 rings (SSSR count). The van der Waals surface area contributed by atoms with E-state index in [1.165, 1.54) is 18.2 Å². The number of hydrogen-bond donors (Lipinski definition) is 1. The molecule has 0 unspecified atom stereocenters. The van der Waals surface area contributed by atoms with Crippen LogP contribution in [0.25, 0.3) is 0 Å². The van der Waals surface area contributed by atoms with Crippen molar-refractivity contribution in [3.8, 4) is 11.5 Å². The van der Waals surface area contributed by atoms with E-state index in [0.29, 0.717) is 22.6 Å². The largest absolute Gasteiger partial charge is 0.457 e.